The number of halogens is 3. The minimum atomic E-state index is -5.06. The molecule has 2 amide bonds. The molecule has 0 radical (unpaired) electrons. The molecule has 0 unspecified atom stereocenters. The molecule has 2 aromatic carbocycles. The third-order valence-corrected chi connectivity index (χ3v) is 10.7. The molecule has 2 aliphatic rings. The highest BCUT2D eigenvalue weighted by Gasteiger charge is 2.41. The lowest BCUT2D eigenvalue weighted by atomic mass is 10.0. The van der Waals surface area contributed by atoms with Crippen LogP contribution in [0.3, 0.4) is 0 Å². The van der Waals surface area contributed by atoms with Crippen LogP contribution in [0, 0.1) is 5.92 Å². The average molecular weight is 616 g/mol. The smallest absolute Gasteiger partial charge is 0.341 e. The molecule has 0 saturated carbocycles. The fourth-order valence-electron chi connectivity index (χ4n) is 5.19. The first-order chi connectivity index (χ1) is 19.1. The van der Waals surface area contributed by atoms with E-state index in [9.17, 15) is 39.6 Å². The Kier molecular flexibility index (Phi) is 8.86. The second kappa shape index (κ2) is 11.7. The monoisotopic (exact) mass is 615 g/mol. The van der Waals surface area contributed by atoms with E-state index in [1.807, 2.05) is 0 Å². The average Bonchev–Trinajstić information content (AvgIpc) is 3.42. The second-order valence-corrected chi connectivity index (χ2v) is 14.2. The molecule has 1 N–H and O–H groups in total. The van der Waals surface area contributed by atoms with Gasteiger partial charge < -0.3 is 9.80 Å². The summed E-state index contributed by atoms with van der Waals surface area (Å²) in [6.45, 7) is 4.32. The van der Waals surface area contributed by atoms with Gasteiger partial charge in [0.25, 0.3) is 0 Å². The van der Waals surface area contributed by atoms with Crippen LogP contribution >= 0.6 is 0 Å². The summed E-state index contributed by atoms with van der Waals surface area (Å²) in [6, 6.07) is 7.35. The van der Waals surface area contributed by atoms with E-state index >= 15 is 0 Å². The van der Waals surface area contributed by atoms with Crippen LogP contribution in [-0.2, 0) is 35.6 Å². The van der Waals surface area contributed by atoms with Gasteiger partial charge in [0.2, 0.25) is 31.7 Å². The highest BCUT2D eigenvalue weighted by molar-refractivity contribution is 7.91. The normalized spacial score (nSPS) is 19.1. The zero-order valence-corrected chi connectivity index (χ0v) is 24.2. The van der Waals surface area contributed by atoms with Crippen LogP contribution in [0.25, 0.3) is 0 Å². The number of amides is 2. The maximum Gasteiger partial charge on any atom is 0.417 e. The van der Waals surface area contributed by atoms with E-state index in [4.69, 9.17) is 0 Å². The highest BCUT2D eigenvalue weighted by atomic mass is 32.2. The molecule has 0 bridgehead atoms. The molecular formula is C27H32F3N3O6S2. The zero-order chi connectivity index (χ0) is 30.2. The molecule has 2 saturated heterocycles. The van der Waals surface area contributed by atoms with Crippen LogP contribution < -0.4 is 4.72 Å². The number of nitrogens with zero attached hydrogens (tertiary/aromatic N) is 2. The Morgan fingerprint density at radius 2 is 1.54 bits per heavy atom. The first-order valence-corrected chi connectivity index (χ1v) is 16.2. The SMILES string of the molecule is CC(C)C(=O)N1CCC[C@@H]1C(=O)N1CCC(NS(=O)(=O)c2cc(S(=O)(=O)c3ccccc3)ccc2C(F)(F)F)CC1. The van der Waals surface area contributed by atoms with E-state index in [0.29, 0.717) is 31.5 Å². The Labute approximate surface area is 237 Å². The van der Waals surface area contributed by atoms with E-state index in [-0.39, 0.29) is 48.6 Å². The van der Waals surface area contributed by atoms with E-state index in [1.54, 1.807) is 29.7 Å². The van der Waals surface area contributed by atoms with Gasteiger partial charge in [-0.05, 0) is 56.0 Å². The standard InChI is InChI=1S/C27H32F3N3O6S2/c1-18(2)25(34)33-14-6-9-23(33)26(35)32-15-12-19(13-16-32)31-41(38,39)24-17-21(10-11-22(24)27(28,29)30)40(36,37)20-7-4-3-5-8-20/h3-5,7-8,10-11,17-19,23,31H,6,9,12-16H2,1-2H3/t23-/m1/s1. The van der Waals surface area contributed by atoms with Crippen molar-refractivity contribution in [1.82, 2.24) is 14.5 Å². The van der Waals surface area contributed by atoms with E-state index in [1.165, 1.54) is 24.3 Å². The first kappa shape index (κ1) is 31.0. The summed E-state index contributed by atoms with van der Waals surface area (Å²) in [4.78, 5) is 26.8. The summed E-state index contributed by atoms with van der Waals surface area (Å²) in [5, 5.41) is 0. The molecule has 9 nitrogen and oxygen atoms in total. The Morgan fingerprint density at radius 3 is 2.12 bits per heavy atom. The van der Waals surface area contributed by atoms with Crippen molar-refractivity contribution >= 4 is 31.7 Å². The lowest BCUT2D eigenvalue weighted by Crippen LogP contribution is -2.53. The van der Waals surface area contributed by atoms with Crippen molar-refractivity contribution in [2.24, 2.45) is 5.92 Å². The Balaban J connectivity index is 1.52. The zero-order valence-electron chi connectivity index (χ0n) is 22.6. The summed E-state index contributed by atoms with van der Waals surface area (Å²) in [6.07, 6.45) is -3.55. The number of carbonyl (C=O) groups is 2. The van der Waals surface area contributed by atoms with Crippen molar-refractivity contribution in [3.63, 3.8) is 0 Å². The fraction of sp³-hybridized carbons (Fsp3) is 0.481. The van der Waals surface area contributed by atoms with Gasteiger partial charge in [0.15, 0.2) is 0 Å². The fourth-order valence-corrected chi connectivity index (χ4v) is 8.13. The Bertz CT molecular complexity index is 1500. The molecule has 2 fully saturated rings. The summed E-state index contributed by atoms with van der Waals surface area (Å²) in [7, 11) is -9.10. The van der Waals surface area contributed by atoms with Gasteiger partial charge >= 0.3 is 6.18 Å². The summed E-state index contributed by atoms with van der Waals surface area (Å²) >= 11 is 0. The number of benzene rings is 2. The number of hydrogen-bond acceptors (Lipinski definition) is 6. The largest absolute Gasteiger partial charge is 0.417 e. The van der Waals surface area contributed by atoms with Gasteiger partial charge in [-0.25, -0.2) is 21.6 Å². The molecule has 14 heteroatoms. The van der Waals surface area contributed by atoms with E-state index in [2.05, 4.69) is 4.72 Å². The number of sulfonamides is 1. The van der Waals surface area contributed by atoms with Crippen molar-refractivity contribution in [1.29, 1.82) is 0 Å². The van der Waals surface area contributed by atoms with Gasteiger partial charge in [-0.2, -0.15) is 13.2 Å². The molecule has 2 heterocycles. The van der Waals surface area contributed by atoms with Gasteiger partial charge in [0.05, 0.1) is 20.2 Å². The summed E-state index contributed by atoms with van der Waals surface area (Å²) < 4.78 is 96.3. The molecule has 0 aromatic heterocycles. The number of nitrogens with one attached hydrogen (secondary N) is 1. The second-order valence-electron chi connectivity index (χ2n) is 10.5. The van der Waals surface area contributed by atoms with Crippen LogP contribution in [0.2, 0.25) is 0 Å². The number of hydrogen-bond donors (Lipinski definition) is 1. The van der Waals surface area contributed by atoms with Crippen molar-refractivity contribution in [3.05, 3.63) is 54.1 Å². The number of rotatable bonds is 7. The third-order valence-electron chi connectivity index (χ3n) is 7.36. The van der Waals surface area contributed by atoms with Crippen molar-refractivity contribution in [3.8, 4) is 0 Å². The predicted octanol–water partition coefficient (Wildman–Crippen LogP) is 3.45. The van der Waals surface area contributed by atoms with Crippen LogP contribution in [0.4, 0.5) is 13.2 Å². The number of alkyl halides is 3. The van der Waals surface area contributed by atoms with Gasteiger partial charge in [-0.1, -0.05) is 32.0 Å². The van der Waals surface area contributed by atoms with Gasteiger partial charge in [0.1, 0.15) is 6.04 Å². The molecule has 1 atom stereocenters. The minimum absolute atomic E-state index is 0.111. The lowest BCUT2D eigenvalue weighted by molar-refractivity contribution is -0.146. The predicted molar refractivity (Wildman–Crippen MR) is 143 cm³/mol. The lowest BCUT2D eigenvalue weighted by Gasteiger charge is -2.36. The van der Waals surface area contributed by atoms with Crippen LogP contribution in [0.5, 0.6) is 0 Å². The summed E-state index contributed by atoms with van der Waals surface area (Å²) in [5.41, 5.74) is -1.49. The third kappa shape index (κ3) is 6.59. The van der Waals surface area contributed by atoms with E-state index in [0.717, 1.165) is 6.07 Å². The number of piperidine rings is 1. The molecule has 41 heavy (non-hydrogen) atoms. The Morgan fingerprint density at radius 1 is 0.902 bits per heavy atom. The van der Waals surface area contributed by atoms with Gasteiger partial charge in [-0.3, -0.25) is 9.59 Å². The molecule has 224 valence electrons. The maximum absolute atomic E-state index is 13.8. The number of likely N-dealkylation sites (tertiary alicyclic amines) is 2. The van der Waals surface area contributed by atoms with Gasteiger partial charge in [-0.15, -0.1) is 0 Å². The van der Waals surface area contributed by atoms with Crippen molar-refractivity contribution in [2.75, 3.05) is 19.6 Å². The highest BCUT2D eigenvalue weighted by Crippen LogP contribution is 2.36. The van der Waals surface area contributed by atoms with Crippen molar-refractivity contribution < 1.29 is 39.6 Å². The summed E-state index contributed by atoms with van der Waals surface area (Å²) in [5.74, 6) is -0.595. The van der Waals surface area contributed by atoms with Crippen LogP contribution in [0.15, 0.2) is 63.2 Å². The first-order valence-electron chi connectivity index (χ1n) is 13.3. The molecule has 0 aliphatic carbocycles. The van der Waals surface area contributed by atoms with E-state index < -0.39 is 53.5 Å². The quantitative estimate of drug-likeness (QED) is 0.510. The molecule has 2 aliphatic heterocycles. The van der Waals surface area contributed by atoms with Crippen LogP contribution in [-0.4, -0.2) is 70.2 Å². The molecule has 0 spiro atoms. The topological polar surface area (TPSA) is 121 Å². The van der Waals surface area contributed by atoms with Gasteiger partial charge in [0, 0.05) is 31.6 Å². The Hall–Kier alpha value is -2.97. The maximum atomic E-state index is 13.8. The number of carbonyl (C=O) groups excluding carboxylic acids is 2. The molecular weight excluding hydrogens is 583 g/mol. The van der Waals surface area contributed by atoms with Crippen LogP contribution in [0.1, 0.15) is 45.1 Å². The van der Waals surface area contributed by atoms with Crippen molar-refractivity contribution in [2.45, 2.75) is 72.5 Å². The minimum Gasteiger partial charge on any atom is -0.341 e. The number of sulfone groups is 1. The molecule has 4 rings (SSSR count). The molecule has 2 aromatic rings.